The highest BCUT2D eigenvalue weighted by Gasteiger charge is 2.38. The Morgan fingerprint density at radius 2 is 0.864 bits per heavy atom. The molecule has 1 aliphatic carbocycles. The normalized spacial score (nSPS) is 12.8. The molecule has 0 atom stereocenters. The molecule has 0 saturated carbocycles. The predicted molar refractivity (Wildman–Crippen MR) is 278 cm³/mol. The van der Waals surface area contributed by atoms with Crippen molar-refractivity contribution < 1.29 is 0 Å². The van der Waals surface area contributed by atoms with Crippen LogP contribution in [0.2, 0.25) is 0 Å². The van der Waals surface area contributed by atoms with E-state index in [1.807, 2.05) is 0 Å². The van der Waals surface area contributed by atoms with Crippen LogP contribution >= 0.6 is 0 Å². The molecule has 2 heterocycles. The molecule has 0 bridgehead atoms. The van der Waals surface area contributed by atoms with Gasteiger partial charge in [-0.2, -0.15) is 0 Å². The SMILES string of the molecule is CC1(C)c2ccccc2-c2cccc(N(c3ccc(-c4ccccc4)cc3)c3ccc4c(c3)c3cc(-c5cccc6c5c5ccccc5n6-c5ccccc5)ccc3n4-c3ccccc3)c21. The second kappa shape index (κ2) is 14.8. The van der Waals surface area contributed by atoms with Crippen molar-refractivity contribution in [2.75, 3.05) is 4.90 Å². The second-order valence-electron chi connectivity index (χ2n) is 18.1. The predicted octanol–water partition coefficient (Wildman–Crippen LogP) is 17.0. The number of benzene rings is 10. The highest BCUT2D eigenvalue weighted by atomic mass is 15.1. The molecule has 0 fully saturated rings. The molecule has 13 rings (SSSR count). The lowest BCUT2D eigenvalue weighted by molar-refractivity contribution is 0.661. The van der Waals surface area contributed by atoms with Crippen LogP contribution in [0.4, 0.5) is 17.1 Å². The van der Waals surface area contributed by atoms with E-state index in [2.05, 4.69) is 264 Å². The van der Waals surface area contributed by atoms with E-state index >= 15 is 0 Å². The fourth-order valence-corrected chi connectivity index (χ4v) is 11.2. The molecule has 0 saturated heterocycles. The summed E-state index contributed by atoms with van der Waals surface area (Å²) in [6.07, 6.45) is 0. The third-order valence-electron chi connectivity index (χ3n) is 14.1. The molecular formula is C63H45N3. The van der Waals surface area contributed by atoms with Gasteiger partial charge >= 0.3 is 0 Å². The van der Waals surface area contributed by atoms with E-state index < -0.39 is 0 Å². The fourth-order valence-electron chi connectivity index (χ4n) is 11.2. The Morgan fingerprint density at radius 1 is 0.348 bits per heavy atom. The van der Waals surface area contributed by atoms with Crippen molar-refractivity contribution in [3.63, 3.8) is 0 Å². The first-order valence-corrected chi connectivity index (χ1v) is 22.9. The van der Waals surface area contributed by atoms with Gasteiger partial charge in [0.15, 0.2) is 0 Å². The van der Waals surface area contributed by atoms with E-state index in [1.165, 1.54) is 93.8 Å². The first-order chi connectivity index (χ1) is 32.5. The summed E-state index contributed by atoms with van der Waals surface area (Å²) in [6.45, 7) is 4.77. The van der Waals surface area contributed by atoms with Crippen molar-refractivity contribution in [2.45, 2.75) is 19.3 Å². The number of aromatic nitrogens is 2. The average molecular weight is 844 g/mol. The highest BCUT2D eigenvalue weighted by Crippen LogP contribution is 2.54. The maximum absolute atomic E-state index is 2.50. The third kappa shape index (κ3) is 5.76. The van der Waals surface area contributed by atoms with Gasteiger partial charge in [-0.15, -0.1) is 0 Å². The maximum Gasteiger partial charge on any atom is 0.0547 e. The third-order valence-corrected chi connectivity index (χ3v) is 14.1. The summed E-state index contributed by atoms with van der Waals surface area (Å²) in [5, 5.41) is 4.92. The molecule has 0 spiro atoms. The molecule has 0 radical (unpaired) electrons. The largest absolute Gasteiger partial charge is 0.310 e. The molecule has 0 amide bonds. The minimum absolute atomic E-state index is 0.211. The van der Waals surface area contributed by atoms with E-state index in [0.29, 0.717) is 0 Å². The first-order valence-electron chi connectivity index (χ1n) is 22.9. The van der Waals surface area contributed by atoms with Gasteiger partial charge in [0.1, 0.15) is 0 Å². The first kappa shape index (κ1) is 38.1. The van der Waals surface area contributed by atoms with Crippen molar-refractivity contribution in [3.05, 3.63) is 248 Å². The number of hydrogen-bond donors (Lipinski definition) is 0. The van der Waals surface area contributed by atoms with Gasteiger partial charge in [-0.3, -0.25) is 0 Å². The molecule has 12 aromatic rings. The minimum atomic E-state index is -0.211. The molecule has 1 aliphatic rings. The maximum atomic E-state index is 2.50. The Kier molecular flexibility index (Phi) is 8.56. The van der Waals surface area contributed by atoms with Gasteiger partial charge in [-0.1, -0.05) is 166 Å². The van der Waals surface area contributed by atoms with Gasteiger partial charge in [0.05, 0.1) is 27.8 Å². The van der Waals surface area contributed by atoms with E-state index in [4.69, 9.17) is 0 Å². The summed E-state index contributed by atoms with van der Waals surface area (Å²) in [7, 11) is 0. The molecule has 3 heteroatoms. The monoisotopic (exact) mass is 843 g/mol. The van der Waals surface area contributed by atoms with Crippen LogP contribution in [0.25, 0.3) is 88.4 Å². The van der Waals surface area contributed by atoms with Gasteiger partial charge < -0.3 is 14.0 Å². The van der Waals surface area contributed by atoms with Crippen molar-refractivity contribution in [1.82, 2.24) is 9.13 Å². The van der Waals surface area contributed by atoms with Crippen molar-refractivity contribution in [3.8, 4) is 44.8 Å². The Hall–Kier alpha value is -8.40. The van der Waals surface area contributed by atoms with Crippen LogP contribution in [0.1, 0.15) is 25.0 Å². The zero-order chi connectivity index (χ0) is 43.9. The Morgan fingerprint density at radius 3 is 1.62 bits per heavy atom. The number of nitrogens with zero attached hydrogens (tertiary/aromatic N) is 3. The molecular weight excluding hydrogens is 799 g/mol. The quantitative estimate of drug-likeness (QED) is 0.156. The molecule has 10 aromatic carbocycles. The van der Waals surface area contributed by atoms with Gasteiger partial charge in [0.2, 0.25) is 0 Å². The van der Waals surface area contributed by atoms with Crippen molar-refractivity contribution in [1.29, 1.82) is 0 Å². The van der Waals surface area contributed by atoms with Crippen LogP contribution in [0.3, 0.4) is 0 Å². The topological polar surface area (TPSA) is 13.1 Å². The second-order valence-corrected chi connectivity index (χ2v) is 18.1. The summed E-state index contributed by atoms with van der Waals surface area (Å²) < 4.78 is 4.83. The molecule has 0 aliphatic heterocycles. The number of anilines is 3. The minimum Gasteiger partial charge on any atom is -0.310 e. The summed E-state index contributed by atoms with van der Waals surface area (Å²) in [5.41, 5.74) is 20.4. The average Bonchev–Trinajstić information content (AvgIpc) is 3.98. The molecule has 66 heavy (non-hydrogen) atoms. The highest BCUT2D eigenvalue weighted by molar-refractivity contribution is 6.17. The summed E-state index contributed by atoms with van der Waals surface area (Å²) in [4.78, 5) is 2.50. The summed E-state index contributed by atoms with van der Waals surface area (Å²) >= 11 is 0. The Bertz CT molecular complexity index is 3820. The molecule has 2 aromatic heterocycles. The molecule has 312 valence electrons. The zero-order valence-corrected chi connectivity index (χ0v) is 36.9. The van der Waals surface area contributed by atoms with Crippen LogP contribution in [0.15, 0.2) is 237 Å². The van der Waals surface area contributed by atoms with Gasteiger partial charge in [-0.25, -0.2) is 0 Å². The van der Waals surface area contributed by atoms with Crippen LogP contribution in [-0.2, 0) is 5.41 Å². The van der Waals surface area contributed by atoms with Crippen LogP contribution in [0, 0.1) is 0 Å². The van der Waals surface area contributed by atoms with E-state index in [9.17, 15) is 0 Å². The van der Waals surface area contributed by atoms with Gasteiger partial charge in [-0.05, 0) is 129 Å². The van der Waals surface area contributed by atoms with E-state index in [0.717, 1.165) is 22.7 Å². The number of para-hydroxylation sites is 3. The molecule has 0 unspecified atom stereocenters. The standard InChI is InChI=1S/C63H45N3/c1-63(2)55-28-14-12-24-50(55)51-27-17-31-60(62(51)63)64(47-35-32-43(33-36-47)42-18-6-3-7-19-42)48-37-39-58-54(41-48)53-40-44(34-38-57(53)65(58)45-20-8-4-9-21-45)49-26-16-30-59-61(49)52-25-13-15-29-56(52)66(59)46-22-10-5-11-23-46/h3-41H,1-2H3. The fraction of sp³-hybridized carbons (Fsp3) is 0.0476. The van der Waals surface area contributed by atoms with Crippen LogP contribution < -0.4 is 4.90 Å². The van der Waals surface area contributed by atoms with Crippen molar-refractivity contribution in [2.24, 2.45) is 0 Å². The Balaban J connectivity index is 1.06. The number of hydrogen-bond acceptors (Lipinski definition) is 1. The lowest BCUT2D eigenvalue weighted by Crippen LogP contribution is -2.20. The molecule has 3 nitrogen and oxygen atoms in total. The van der Waals surface area contributed by atoms with Crippen LogP contribution in [0.5, 0.6) is 0 Å². The number of fused-ring (bicyclic) bond motifs is 9. The smallest absolute Gasteiger partial charge is 0.0547 e. The lowest BCUT2D eigenvalue weighted by Gasteiger charge is -2.32. The van der Waals surface area contributed by atoms with Crippen molar-refractivity contribution >= 4 is 60.7 Å². The molecule has 0 N–H and O–H groups in total. The van der Waals surface area contributed by atoms with Gasteiger partial charge in [0.25, 0.3) is 0 Å². The Labute approximate surface area is 384 Å². The summed E-state index contributed by atoms with van der Waals surface area (Å²) in [6, 6.07) is 86.9. The lowest BCUT2D eigenvalue weighted by atomic mass is 9.81. The van der Waals surface area contributed by atoms with Crippen LogP contribution in [-0.4, -0.2) is 9.13 Å². The number of rotatable bonds is 7. The summed E-state index contributed by atoms with van der Waals surface area (Å²) in [5.74, 6) is 0. The van der Waals surface area contributed by atoms with E-state index in [-0.39, 0.29) is 5.41 Å². The van der Waals surface area contributed by atoms with E-state index in [1.54, 1.807) is 0 Å². The van der Waals surface area contributed by atoms with Gasteiger partial charge in [0, 0.05) is 49.7 Å². The zero-order valence-electron chi connectivity index (χ0n) is 36.9.